The zero-order chi connectivity index (χ0) is 21.1. The number of rotatable bonds is 6. The highest BCUT2D eigenvalue weighted by atomic mass is 35.5. The van der Waals surface area contributed by atoms with Gasteiger partial charge in [0.25, 0.3) is 0 Å². The molecule has 0 radical (unpaired) electrons. The van der Waals surface area contributed by atoms with E-state index >= 15 is 0 Å². The third-order valence-electron chi connectivity index (χ3n) is 4.85. The van der Waals surface area contributed by atoms with Gasteiger partial charge in [-0.05, 0) is 60.9 Å². The number of hydrogen-bond acceptors (Lipinski definition) is 2. The van der Waals surface area contributed by atoms with Gasteiger partial charge in [-0.15, -0.1) is 0 Å². The fourth-order valence-electron chi connectivity index (χ4n) is 3.45. The standard InChI is InChI=1S/C23H18Cl3N3O/c24-14-10-11-18-16(13-14)15(23(29-18)20-7-1-2-12-27-20)5-3-9-21(30)28-19-8-4-6-17(25)22(19)26/h1-2,4,6-8,10-13,29H,3,5,9H2,(H,28,30). The number of hydrogen-bond donors (Lipinski definition) is 2. The first-order valence-electron chi connectivity index (χ1n) is 9.48. The second-order valence-corrected chi connectivity index (χ2v) is 8.11. The lowest BCUT2D eigenvalue weighted by Crippen LogP contribution is -2.12. The molecule has 7 heteroatoms. The summed E-state index contributed by atoms with van der Waals surface area (Å²) in [5.41, 5.74) is 4.41. The van der Waals surface area contributed by atoms with Crippen LogP contribution in [0.4, 0.5) is 5.69 Å². The van der Waals surface area contributed by atoms with Crippen molar-refractivity contribution in [1.82, 2.24) is 9.97 Å². The van der Waals surface area contributed by atoms with E-state index in [1.54, 1.807) is 24.4 Å². The normalized spacial score (nSPS) is 11.0. The highest BCUT2D eigenvalue weighted by molar-refractivity contribution is 6.44. The summed E-state index contributed by atoms with van der Waals surface area (Å²) >= 11 is 18.4. The molecule has 0 saturated heterocycles. The number of H-pyrrole nitrogens is 1. The number of amides is 1. The average Bonchev–Trinajstić information content (AvgIpc) is 3.10. The molecule has 2 N–H and O–H groups in total. The molecule has 0 fully saturated rings. The van der Waals surface area contributed by atoms with Crippen LogP contribution in [0.25, 0.3) is 22.3 Å². The van der Waals surface area contributed by atoms with Crippen molar-refractivity contribution in [3.63, 3.8) is 0 Å². The van der Waals surface area contributed by atoms with Gasteiger partial charge in [0.1, 0.15) is 0 Å². The van der Waals surface area contributed by atoms with Crippen molar-refractivity contribution in [3.8, 4) is 11.4 Å². The second-order valence-electron chi connectivity index (χ2n) is 6.89. The summed E-state index contributed by atoms with van der Waals surface area (Å²) in [6.45, 7) is 0. The van der Waals surface area contributed by atoms with Gasteiger partial charge >= 0.3 is 0 Å². The topological polar surface area (TPSA) is 57.8 Å². The Hall–Kier alpha value is -2.53. The Morgan fingerprint density at radius 2 is 1.90 bits per heavy atom. The molecule has 4 nitrogen and oxygen atoms in total. The Bertz CT molecular complexity index is 1210. The molecule has 0 aliphatic rings. The van der Waals surface area contributed by atoms with E-state index in [-0.39, 0.29) is 5.91 Å². The van der Waals surface area contributed by atoms with Gasteiger partial charge in [0.15, 0.2) is 0 Å². The van der Waals surface area contributed by atoms with Crippen LogP contribution in [0.5, 0.6) is 0 Å². The molecule has 4 rings (SSSR count). The number of pyridine rings is 1. The number of halogens is 3. The number of nitrogens with zero attached hydrogens (tertiary/aromatic N) is 1. The van der Waals surface area contributed by atoms with Crippen LogP contribution < -0.4 is 5.32 Å². The molecule has 0 atom stereocenters. The number of aromatic nitrogens is 2. The van der Waals surface area contributed by atoms with E-state index in [4.69, 9.17) is 34.8 Å². The number of nitrogens with one attached hydrogen (secondary N) is 2. The predicted molar refractivity (Wildman–Crippen MR) is 125 cm³/mol. The van der Waals surface area contributed by atoms with Crippen LogP contribution in [0, 0.1) is 0 Å². The van der Waals surface area contributed by atoms with Gasteiger partial charge in [0.2, 0.25) is 5.91 Å². The van der Waals surface area contributed by atoms with Gasteiger partial charge in [-0.1, -0.05) is 46.9 Å². The lowest BCUT2D eigenvalue weighted by atomic mass is 10.0. The highest BCUT2D eigenvalue weighted by Crippen LogP contribution is 2.33. The van der Waals surface area contributed by atoms with Crippen LogP contribution in [0.15, 0.2) is 60.8 Å². The quantitative estimate of drug-likeness (QED) is 0.322. The SMILES string of the molecule is O=C(CCCc1c(-c2ccccn2)[nH]c2ccc(Cl)cc12)Nc1cccc(Cl)c1Cl. The fourth-order valence-corrected chi connectivity index (χ4v) is 3.97. The van der Waals surface area contributed by atoms with Crippen LogP contribution in [0.3, 0.4) is 0 Å². The number of benzene rings is 2. The minimum absolute atomic E-state index is 0.114. The van der Waals surface area contributed by atoms with Gasteiger partial charge in [-0.25, -0.2) is 0 Å². The zero-order valence-corrected chi connectivity index (χ0v) is 18.2. The summed E-state index contributed by atoms with van der Waals surface area (Å²) in [4.78, 5) is 20.3. The van der Waals surface area contributed by atoms with Crippen molar-refractivity contribution in [2.24, 2.45) is 0 Å². The molecule has 0 saturated carbocycles. The van der Waals surface area contributed by atoms with Gasteiger partial charge in [0.05, 0.1) is 27.1 Å². The van der Waals surface area contributed by atoms with Crippen LogP contribution in [0.2, 0.25) is 15.1 Å². The Labute approximate surface area is 189 Å². The van der Waals surface area contributed by atoms with Crippen LogP contribution in [0.1, 0.15) is 18.4 Å². The Kier molecular flexibility index (Phi) is 6.28. The molecule has 4 aromatic rings. The molecular weight excluding hydrogens is 441 g/mol. The van der Waals surface area contributed by atoms with Crippen molar-refractivity contribution in [1.29, 1.82) is 0 Å². The molecule has 30 heavy (non-hydrogen) atoms. The summed E-state index contributed by atoms with van der Waals surface area (Å²) in [5.74, 6) is -0.114. The Balaban J connectivity index is 1.53. The highest BCUT2D eigenvalue weighted by Gasteiger charge is 2.15. The summed E-state index contributed by atoms with van der Waals surface area (Å²) in [6, 6.07) is 16.7. The van der Waals surface area contributed by atoms with Gasteiger partial charge in [0, 0.05) is 28.5 Å². The molecular formula is C23H18Cl3N3O. The van der Waals surface area contributed by atoms with Gasteiger partial charge in [-0.2, -0.15) is 0 Å². The molecule has 152 valence electrons. The van der Waals surface area contributed by atoms with E-state index in [1.807, 2.05) is 36.4 Å². The third-order valence-corrected chi connectivity index (χ3v) is 5.90. The van der Waals surface area contributed by atoms with E-state index in [9.17, 15) is 4.79 Å². The van der Waals surface area contributed by atoms with Crippen molar-refractivity contribution in [3.05, 3.63) is 81.4 Å². The molecule has 0 unspecified atom stereocenters. The maximum atomic E-state index is 12.4. The molecule has 2 aromatic heterocycles. The number of aromatic amines is 1. The van der Waals surface area contributed by atoms with Crippen LogP contribution >= 0.6 is 34.8 Å². The first kappa shape index (κ1) is 20.7. The monoisotopic (exact) mass is 457 g/mol. The lowest BCUT2D eigenvalue weighted by molar-refractivity contribution is -0.116. The summed E-state index contributed by atoms with van der Waals surface area (Å²) in [7, 11) is 0. The number of fused-ring (bicyclic) bond motifs is 1. The average molecular weight is 459 g/mol. The summed E-state index contributed by atoms with van der Waals surface area (Å²) < 4.78 is 0. The van der Waals surface area contributed by atoms with Gasteiger partial charge in [-0.3, -0.25) is 9.78 Å². The number of carbonyl (C=O) groups excluding carboxylic acids is 1. The smallest absolute Gasteiger partial charge is 0.224 e. The molecule has 2 heterocycles. The molecule has 0 bridgehead atoms. The van der Waals surface area contributed by atoms with Crippen molar-refractivity contribution >= 4 is 57.3 Å². The molecule has 0 aliphatic carbocycles. The number of carbonyl (C=O) groups is 1. The van der Waals surface area contributed by atoms with Crippen LogP contribution in [-0.4, -0.2) is 15.9 Å². The van der Waals surface area contributed by atoms with E-state index in [0.29, 0.717) is 40.0 Å². The first-order valence-corrected chi connectivity index (χ1v) is 10.6. The predicted octanol–water partition coefficient (Wildman–Crippen LogP) is 7.15. The third kappa shape index (κ3) is 4.46. The first-order chi connectivity index (χ1) is 14.5. The molecule has 1 amide bonds. The van der Waals surface area contributed by atoms with E-state index in [1.165, 1.54) is 0 Å². The molecule has 0 aliphatic heterocycles. The van der Waals surface area contributed by atoms with Crippen molar-refractivity contribution in [2.75, 3.05) is 5.32 Å². The van der Waals surface area contributed by atoms with E-state index in [0.717, 1.165) is 27.9 Å². The fraction of sp³-hybridized carbons (Fsp3) is 0.130. The number of anilines is 1. The van der Waals surface area contributed by atoms with E-state index < -0.39 is 0 Å². The minimum atomic E-state index is -0.114. The van der Waals surface area contributed by atoms with Crippen LogP contribution in [-0.2, 0) is 11.2 Å². The molecule has 2 aromatic carbocycles. The lowest BCUT2D eigenvalue weighted by Gasteiger charge is -2.09. The largest absolute Gasteiger partial charge is 0.353 e. The Morgan fingerprint density at radius 3 is 2.70 bits per heavy atom. The van der Waals surface area contributed by atoms with E-state index in [2.05, 4.69) is 15.3 Å². The van der Waals surface area contributed by atoms with Gasteiger partial charge < -0.3 is 10.3 Å². The zero-order valence-electron chi connectivity index (χ0n) is 15.9. The van der Waals surface area contributed by atoms with Crippen molar-refractivity contribution in [2.45, 2.75) is 19.3 Å². The maximum absolute atomic E-state index is 12.4. The molecule has 0 spiro atoms. The van der Waals surface area contributed by atoms with Crippen molar-refractivity contribution < 1.29 is 4.79 Å². The Morgan fingerprint density at radius 1 is 1.03 bits per heavy atom. The second kappa shape index (κ2) is 9.09. The summed E-state index contributed by atoms with van der Waals surface area (Å²) in [6.07, 6.45) is 3.46. The number of aryl methyl sites for hydroxylation is 1. The maximum Gasteiger partial charge on any atom is 0.224 e. The summed E-state index contributed by atoms with van der Waals surface area (Å²) in [5, 5.41) is 5.29. The minimum Gasteiger partial charge on any atom is -0.353 e.